The van der Waals surface area contributed by atoms with Gasteiger partial charge in [-0.1, -0.05) is 18.2 Å². The molecular weight excluding hydrogens is 229 g/mol. The number of alkyl halides is 3. The number of allylic oxidation sites excluding steroid dienone is 1. The zero-order valence-electron chi connectivity index (χ0n) is 9.37. The van der Waals surface area contributed by atoms with E-state index >= 15 is 0 Å². The van der Waals surface area contributed by atoms with Crippen LogP contribution in [0, 0.1) is 0 Å². The molecule has 4 heteroatoms. The Labute approximate surface area is 98.6 Å². The number of benzene rings is 1. The van der Waals surface area contributed by atoms with Crippen molar-refractivity contribution in [3.05, 3.63) is 48.0 Å². The summed E-state index contributed by atoms with van der Waals surface area (Å²) in [5, 5.41) is 9.59. The summed E-state index contributed by atoms with van der Waals surface area (Å²) >= 11 is 0. The van der Waals surface area contributed by atoms with Crippen LogP contribution in [0.3, 0.4) is 0 Å². The van der Waals surface area contributed by atoms with Crippen molar-refractivity contribution in [3.8, 4) is 0 Å². The summed E-state index contributed by atoms with van der Waals surface area (Å²) in [5.74, 6) is 0. The number of aliphatic hydroxyl groups excluding tert-OH is 1. The smallest absolute Gasteiger partial charge is 0.393 e. The van der Waals surface area contributed by atoms with Crippen LogP contribution in [0.4, 0.5) is 13.2 Å². The van der Waals surface area contributed by atoms with Gasteiger partial charge in [-0.15, -0.1) is 6.58 Å². The van der Waals surface area contributed by atoms with Gasteiger partial charge in [0.15, 0.2) is 0 Å². The van der Waals surface area contributed by atoms with Gasteiger partial charge in [-0.05, 0) is 37.0 Å². The Morgan fingerprint density at radius 2 is 1.82 bits per heavy atom. The second kappa shape index (κ2) is 5.87. The lowest BCUT2D eigenvalue weighted by Gasteiger charge is -2.11. The Morgan fingerprint density at radius 3 is 2.29 bits per heavy atom. The van der Waals surface area contributed by atoms with Gasteiger partial charge < -0.3 is 5.11 Å². The first-order valence-corrected chi connectivity index (χ1v) is 5.38. The summed E-state index contributed by atoms with van der Waals surface area (Å²) in [6.45, 7) is 3.54. The van der Waals surface area contributed by atoms with Gasteiger partial charge in [0.05, 0.1) is 11.7 Å². The van der Waals surface area contributed by atoms with Crippen molar-refractivity contribution in [2.75, 3.05) is 0 Å². The van der Waals surface area contributed by atoms with E-state index in [1.807, 2.05) is 0 Å². The highest BCUT2D eigenvalue weighted by molar-refractivity contribution is 5.25. The molecule has 0 fully saturated rings. The monoisotopic (exact) mass is 244 g/mol. The average molecular weight is 244 g/mol. The number of hydrogen-bond acceptors (Lipinski definition) is 1. The third-order valence-corrected chi connectivity index (χ3v) is 2.46. The van der Waals surface area contributed by atoms with Crippen LogP contribution < -0.4 is 0 Å². The molecule has 1 aromatic carbocycles. The lowest BCUT2D eigenvalue weighted by atomic mass is 10.0. The predicted octanol–water partition coefficient (Wildman–Crippen LogP) is 3.58. The fourth-order valence-electron chi connectivity index (χ4n) is 1.51. The molecule has 17 heavy (non-hydrogen) atoms. The second-order valence-electron chi connectivity index (χ2n) is 3.92. The summed E-state index contributed by atoms with van der Waals surface area (Å²) in [7, 11) is 0. The first-order valence-electron chi connectivity index (χ1n) is 5.38. The van der Waals surface area contributed by atoms with E-state index in [0.29, 0.717) is 24.8 Å². The van der Waals surface area contributed by atoms with Crippen molar-refractivity contribution >= 4 is 0 Å². The first kappa shape index (κ1) is 13.8. The van der Waals surface area contributed by atoms with E-state index in [2.05, 4.69) is 6.58 Å². The largest absolute Gasteiger partial charge is 0.416 e. The molecule has 0 heterocycles. The summed E-state index contributed by atoms with van der Waals surface area (Å²) in [4.78, 5) is 0. The molecule has 0 bridgehead atoms. The predicted molar refractivity (Wildman–Crippen MR) is 60.6 cm³/mol. The molecule has 0 saturated heterocycles. The van der Waals surface area contributed by atoms with Gasteiger partial charge in [0.25, 0.3) is 0 Å². The Hall–Kier alpha value is -1.29. The highest BCUT2D eigenvalue weighted by atomic mass is 19.4. The van der Waals surface area contributed by atoms with Gasteiger partial charge >= 0.3 is 6.18 Å². The summed E-state index contributed by atoms with van der Waals surface area (Å²) in [6, 6.07) is 4.88. The van der Waals surface area contributed by atoms with Crippen molar-refractivity contribution in [2.45, 2.75) is 31.5 Å². The van der Waals surface area contributed by atoms with E-state index in [0.717, 1.165) is 12.1 Å². The van der Waals surface area contributed by atoms with Crippen molar-refractivity contribution in [2.24, 2.45) is 0 Å². The van der Waals surface area contributed by atoms with Crippen LogP contribution in [0.15, 0.2) is 36.9 Å². The molecule has 0 aliphatic heterocycles. The minimum atomic E-state index is -4.31. The maximum Gasteiger partial charge on any atom is 0.416 e. The Morgan fingerprint density at radius 1 is 1.24 bits per heavy atom. The third-order valence-electron chi connectivity index (χ3n) is 2.46. The Bertz CT molecular complexity index is 354. The van der Waals surface area contributed by atoms with Crippen LogP contribution in [0.1, 0.15) is 24.0 Å². The number of aliphatic hydroxyl groups is 1. The fourth-order valence-corrected chi connectivity index (χ4v) is 1.51. The molecule has 0 aliphatic carbocycles. The molecule has 0 aliphatic rings. The molecule has 0 amide bonds. The van der Waals surface area contributed by atoms with E-state index in [9.17, 15) is 18.3 Å². The van der Waals surface area contributed by atoms with Gasteiger partial charge in [0, 0.05) is 0 Å². The number of rotatable bonds is 5. The highest BCUT2D eigenvalue weighted by Gasteiger charge is 2.29. The first-order chi connectivity index (χ1) is 7.93. The molecule has 0 aromatic heterocycles. The molecular formula is C13H15F3O. The second-order valence-corrected chi connectivity index (χ2v) is 3.92. The fraction of sp³-hybridized carbons (Fsp3) is 0.385. The van der Waals surface area contributed by atoms with E-state index in [1.165, 1.54) is 12.1 Å². The zero-order chi connectivity index (χ0) is 12.9. The molecule has 1 N–H and O–H groups in total. The molecule has 0 saturated carbocycles. The van der Waals surface area contributed by atoms with Gasteiger partial charge in [0.2, 0.25) is 0 Å². The highest BCUT2D eigenvalue weighted by Crippen LogP contribution is 2.29. The molecule has 1 unspecified atom stereocenters. The minimum absolute atomic E-state index is 0.367. The normalized spacial score (nSPS) is 13.4. The topological polar surface area (TPSA) is 20.2 Å². The van der Waals surface area contributed by atoms with Crippen LogP contribution in [0.5, 0.6) is 0 Å². The molecule has 1 atom stereocenters. The third kappa shape index (κ3) is 4.61. The maximum atomic E-state index is 12.3. The van der Waals surface area contributed by atoms with Gasteiger partial charge in [-0.3, -0.25) is 0 Å². The summed E-state index contributed by atoms with van der Waals surface area (Å²) in [6.07, 6.45) is -1.50. The van der Waals surface area contributed by atoms with Crippen LogP contribution >= 0.6 is 0 Å². The van der Waals surface area contributed by atoms with Crippen molar-refractivity contribution < 1.29 is 18.3 Å². The number of halogens is 3. The summed E-state index contributed by atoms with van der Waals surface area (Å²) < 4.78 is 36.9. The summed E-state index contributed by atoms with van der Waals surface area (Å²) in [5.41, 5.74) is 0.0383. The van der Waals surface area contributed by atoms with Gasteiger partial charge in [0.1, 0.15) is 0 Å². The van der Waals surface area contributed by atoms with Crippen LogP contribution in [0.2, 0.25) is 0 Å². The van der Waals surface area contributed by atoms with Crippen LogP contribution in [-0.2, 0) is 12.6 Å². The average Bonchev–Trinajstić information content (AvgIpc) is 2.26. The standard InChI is InChI=1S/C13H15F3O/c1-2-3-4-12(17)9-10-5-7-11(8-6-10)13(14,15)16/h2,5-8,12,17H,1,3-4,9H2. The van der Waals surface area contributed by atoms with E-state index in [1.54, 1.807) is 6.08 Å². The Balaban J connectivity index is 2.59. The molecule has 1 aromatic rings. The number of hydrogen-bond donors (Lipinski definition) is 1. The van der Waals surface area contributed by atoms with E-state index in [-0.39, 0.29) is 0 Å². The SMILES string of the molecule is C=CCCC(O)Cc1ccc(C(F)(F)F)cc1. The molecule has 0 radical (unpaired) electrons. The molecule has 1 rings (SSSR count). The van der Waals surface area contributed by atoms with Gasteiger partial charge in [-0.2, -0.15) is 13.2 Å². The van der Waals surface area contributed by atoms with E-state index < -0.39 is 17.8 Å². The molecule has 94 valence electrons. The lowest BCUT2D eigenvalue weighted by Crippen LogP contribution is -2.10. The van der Waals surface area contributed by atoms with Crippen molar-refractivity contribution in [1.82, 2.24) is 0 Å². The van der Waals surface area contributed by atoms with Crippen LogP contribution in [0.25, 0.3) is 0 Å². The van der Waals surface area contributed by atoms with Gasteiger partial charge in [-0.25, -0.2) is 0 Å². The molecule has 0 spiro atoms. The maximum absolute atomic E-state index is 12.3. The van der Waals surface area contributed by atoms with Crippen molar-refractivity contribution in [1.29, 1.82) is 0 Å². The molecule has 1 nitrogen and oxygen atoms in total. The zero-order valence-corrected chi connectivity index (χ0v) is 9.37. The van der Waals surface area contributed by atoms with Crippen molar-refractivity contribution in [3.63, 3.8) is 0 Å². The Kier molecular flexibility index (Phi) is 4.75. The quantitative estimate of drug-likeness (QED) is 0.785. The minimum Gasteiger partial charge on any atom is -0.393 e. The van der Waals surface area contributed by atoms with E-state index in [4.69, 9.17) is 0 Å². The lowest BCUT2D eigenvalue weighted by molar-refractivity contribution is -0.137. The van der Waals surface area contributed by atoms with Crippen LogP contribution in [-0.4, -0.2) is 11.2 Å².